The minimum absolute atomic E-state index is 0.108. The third-order valence-electron chi connectivity index (χ3n) is 1.29. The number of hydrogen-bond donors (Lipinski definition) is 0. The molecule has 0 saturated heterocycles. The molecule has 0 aromatic rings. The molecule has 2 nitrogen and oxygen atoms in total. The molecule has 0 heterocycles. The second-order valence-electron chi connectivity index (χ2n) is 2.84. The van der Waals surface area contributed by atoms with Gasteiger partial charge in [-0.3, -0.25) is 9.98 Å². The third kappa shape index (κ3) is 7.14. The molecule has 4 heteroatoms. The van der Waals surface area contributed by atoms with Gasteiger partial charge < -0.3 is 0 Å². The van der Waals surface area contributed by atoms with Crippen LogP contribution in [0.5, 0.6) is 0 Å². The molecule has 0 bridgehead atoms. The minimum atomic E-state index is -0.108. The first-order valence-electron chi connectivity index (χ1n) is 4.02. The predicted molar refractivity (Wildman–Crippen MR) is 67.5 cm³/mol. The van der Waals surface area contributed by atoms with E-state index in [1.54, 1.807) is 6.20 Å². The van der Waals surface area contributed by atoms with Gasteiger partial charge in [-0.1, -0.05) is 31.9 Å². The summed E-state index contributed by atoms with van der Waals surface area (Å²) in [5.74, 6) is 0. The Kier molecular flexibility index (Phi) is 6.51. The van der Waals surface area contributed by atoms with E-state index in [2.05, 4.69) is 55.5 Å². The molecule has 0 fully saturated rings. The highest BCUT2D eigenvalue weighted by molar-refractivity contribution is 9.12. The third-order valence-corrected chi connectivity index (χ3v) is 2.26. The quantitative estimate of drug-likeness (QED) is 0.548. The van der Waals surface area contributed by atoms with E-state index in [-0.39, 0.29) is 4.32 Å². The Morgan fingerprint density at radius 1 is 1.62 bits per heavy atom. The SMILES string of the molecule is C=N/C=C(/Br)CC(C)(Br)C=NCC. The van der Waals surface area contributed by atoms with Crippen LogP contribution in [0.3, 0.4) is 0 Å². The summed E-state index contributed by atoms with van der Waals surface area (Å²) >= 11 is 6.97. The molecule has 0 N–H and O–H groups in total. The van der Waals surface area contributed by atoms with Gasteiger partial charge in [-0.05, 0) is 20.6 Å². The molecule has 0 amide bonds. The van der Waals surface area contributed by atoms with Crippen LogP contribution in [-0.2, 0) is 0 Å². The fourth-order valence-electron chi connectivity index (χ4n) is 0.802. The van der Waals surface area contributed by atoms with Crippen molar-refractivity contribution in [3.8, 4) is 0 Å². The Bertz CT molecular complexity index is 220. The van der Waals surface area contributed by atoms with Gasteiger partial charge >= 0.3 is 0 Å². The Hall–Kier alpha value is 0.0400. The molecule has 0 aliphatic carbocycles. The van der Waals surface area contributed by atoms with E-state index in [9.17, 15) is 0 Å². The van der Waals surface area contributed by atoms with Crippen molar-refractivity contribution in [2.75, 3.05) is 6.54 Å². The minimum Gasteiger partial charge on any atom is -0.296 e. The molecule has 0 radical (unpaired) electrons. The smallest absolute Gasteiger partial charge is 0.0622 e. The second-order valence-corrected chi connectivity index (χ2v) is 5.67. The van der Waals surface area contributed by atoms with Crippen LogP contribution in [0.15, 0.2) is 20.7 Å². The zero-order valence-electron chi connectivity index (χ0n) is 7.93. The number of aliphatic imine (C=N–C) groups is 2. The maximum Gasteiger partial charge on any atom is 0.0622 e. The summed E-state index contributed by atoms with van der Waals surface area (Å²) in [5.41, 5.74) is 0. The zero-order chi connectivity index (χ0) is 10.3. The maximum absolute atomic E-state index is 4.19. The molecule has 0 aliphatic heterocycles. The van der Waals surface area contributed by atoms with Gasteiger partial charge in [0, 0.05) is 29.9 Å². The molecule has 0 rings (SSSR count). The van der Waals surface area contributed by atoms with Gasteiger partial charge in [0.15, 0.2) is 0 Å². The summed E-state index contributed by atoms with van der Waals surface area (Å²) in [6.45, 7) is 8.26. The average Bonchev–Trinajstić information content (AvgIpc) is 2.00. The van der Waals surface area contributed by atoms with Gasteiger partial charge in [-0.2, -0.15) is 0 Å². The summed E-state index contributed by atoms with van der Waals surface area (Å²) in [7, 11) is 0. The number of halogens is 2. The Morgan fingerprint density at radius 3 is 2.69 bits per heavy atom. The second kappa shape index (κ2) is 6.49. The lowest BCUT2D eigenvalue weighted by Crippen LogP contribution is -2.17. The normalized spacial score (nSPS) is 17.4. The fraction of sp³-hybridized carbons (Fsp3) is 0.556. The summed E-state index contributed by atoms with van der Waals surface area (Å²) in [4.78, 5) is 7.87. The lowest BCUT2D eigenvalue weighted by atomic mass is 10.1. The molecule has 0 aliphatic rings. The number of hydrogen-bond acceptors (Lipinski definition) is 2. The van der Waals surface area contributed by atoms with E-state index >= 15 is 0 Å². The zero-order valence-corrected chi connectivity index (χ0v) is 11.1. The standard InChI is InChI=1S/C9H14Br2N2/c1-4-13-7-9(2,11)5-8(10)6-12-3/h6-7H,3-5H2,1-2H3/b8-6+,13-7?. The van der Waals surface area contributed by atoms with Crippen LogP contribution >= 0.6 is 31.9 Å². The first kappa shape index (κ1) is 13.0. The van der Waals surface area contributed by atoms with Gasteiger partial charge in [0.25, 0.3) is 0 Å². The van der Waals surface area contributed by atoms with Gasteiger partial charge in [-0.25, -0.2) is 0 Å². The van der Waals surface area contributed by atoms with Crippen molar-refractivity contribution in [3.05, 3.63) is 10.7 Å². The molecule has 0 spiro atoms. The van der Waals surface area contributed by atoms with Gasteiger partial charge in [0.05, 0.1) is 4.32 Å². The van der Waals surface area contributed by atoms with Crippen LogP contribution in [0.2, 0.25) is 0 Å². The van der Waals surface area contributed by atoms with Crippen molar-refractivity contribution >= 4 is 44.8 Å². The predicted octanol–water partition coefficient (Wildman–Crippen LogP) is 3.56. The highest BCUT2D eigenvalue weighted by atomic mass is 79.9. The Balaban J connectivity index is 4.23. The van der Waals surface area contributed by atoms with Crippen LogP contribution in [0.1, 0.15) is 20.3 Å². The molecule has 0 aromatic carbocycles. The van der Waals surface area contributed by atoms with Crippen molar-refractivity contribution in [2.45, 2.75) is 24.6 Å². The average molecular weight is 310 g/mol. The van der Waals surface area contributed by atoms with Crippen LogP contribution in [-0.4, -0.2) is 23.8 Å². The van der Waals surface area contributed by atoms with E-state index in [0.717, 1.165) is 17.4 Å². The lowest BCUT2D eigenvalue weighted by molar-refractivity contribution is 0.870. The molecular formula is C9H14Br2N2. The van der Waals surface area contributed by atoms with Gasteiger partial charge in [0.1, 0.15) is 0 Å². The molecule has 13 heavy (non-hydrogen) atoms. The largest absolute Gasteiger partial charge is 0.296 e. The molecule has 1 unspecified atom stereocenters. The number of allylic oxidation sites excluding steroid dienone is 1. The fourth-order valence-corrected chi connectivity index (χ4v) is 2.35. The van der Waals surface area contributed by atoms with Crippen molar-refractivity contribution in [1.82, 2.24) is 0 Å². The van der Waals surface area contributed by atoms with Crippen molar-refractivity contribution < 1.29 is 0 Å². The maximum atomic E-state index is 4.19. The number of alkyl halides is 1. The van der Waals surface area contributed by atoms with Crippen LogP contribution < -0.4 is 0 Å². The van der Waals surface area contributed by atoms with Crippen LogP contribution in [0.25, 0.3) is 0 Å². The molecule has 74 valence electrons. The topological polar surface area (TPSA) is 24.7 Å². The van der Waals surface area contributed by atoms with E-state index < -0.39 is 0 Å². The first-order valence-corrected chi connectivity index (χ1v) is 5.60. The van der Waals surface area contributed by atoms with E-state index in [1.165, 1.54) is 0 Å². The summed E-state index contributed by atoms with van der Waals surface area (Å²) in [6, 6.07) is 0. The molecule has 0 saturated carbocycles. The summed E-state index contributed by atoms with van der Waals surface area (Å²) in [6.07, 6.45) is 4.42. The first-order chi connectivity index (χ1) is 6.02. The van der Waals surface area contributed by atoms with E-state index in [1.807, 2.05) is 13.1 Å². The van der Waals surface area contributed by atoms with Crippen molar-refractivity contribution in [2.24, 2.45) is 9.98 Å². The number of nitrogens with zero attached hydrogens (tertiary/aromatic N) is 2. The highest BCUT2D eigenvalue weighted by Crippen LogP contribution is 2.27. The highest BCUT2D eigenvalue weighted by Gasteiger charge is 2.18. The number of rotatable bonds is 5. The summed E-state index contributed by atoms with van der Waals surface area (Å²) in [5, 5.41) is 0. The Labute approximate surface area is 96.5 Å². The van der Waals surface area contributed by atoms with E-state index in [0.29, 0.717) is 0 Å². The van der Waals surface area contributed by atoms with Gasteiger partial charge in [0.2, 0.25) is 0 Å². The summed E-state index contributed by atoms with van der Waals surface area (Å²) < 4.78 is 0.896. The lowest BCUT2D eigenvalue weighted by Gasteiger charge is -2.15. The van der Waals surface area contributed by atoms with Crippen LogP contribution in [0.4, 0.5) is 0 Å². The van der Waals surface area contributed by atoms with Crippen LogP contribution in [0, 0.1) is 0 Å². The van der Waals surface area contributed by atoms with Gasteiger partial charge in [-0.15, -0.1) is 0 Å². The monoisotopic (exact) mass is 308 g/mol. The molecule has 1 atom stereocenters. The Morgan fingerprint density at radius 2 is 2.23 bits per heavy atom. The van der Waals surface area contributed by atoms with E-state index in [4.69, 9.17) is 0 Å². The molecular weight excluding hydrogens is 296 g/mol. The van der Waals surface area contributed by atoms with Crippen molar-refractivity contribution in [1.29, 1.82) is 0 Å². The molecule has 0 aromatic heterocycles. The van der Waals surface area contributed by atoms with Crippen molar-refractivity contribution in [3.63, 3.8) is 0 Å².